The monoisotopic (exact) mass is 327 g/mol. The summed E-state index contributed by atoms with van der Waals surface area (Å²) >= 11 is 0. The highest BCUT2D eigenvalue weighted by Gasteiger charge is 2.30. The molecule has 126 valence electrons. The molecule has 3 rings (SSSR count). The summed E-state index contributed by atoms with van der Waals surface area (Å²) in [5.41, 5.74) is 0.991. The largest absolute Gasteiger partial charge is 0.490 e. The van der Waals surface area contributed by atoms with Crippen LogP contribution in [0, 0.1) is 0 Å². The van der Waals surface area contributed by atoms with Crippen molar-refractivity contribution in [3.05, 3.63) is 60.2 Å². The van der Waals surface area contributed by atoms with Crippen LogP contribution in [-0.2, 0) is 9.53 Å². The second-order valence-electron chi connectivity index (χ2n) is 5.48. The first kappa shape index (κ1) is 16.3. The summed E-state index contributed by atoms with van der Waals surface area (Å²) in [4.78, 5) is 11.4. The molecule has 24 heavy (non-hydrogen) atoms. The summed E-state index contributed by atoms with van der Waals surface area (Å²) in [7, 11) is 0. The van der Waals surface area contributed by atoms with Gasteiger partial charge in [0.1, 0.15) is 12.7 Å². The first-order valence-corrected chi connectivity index (χ1v) is 8.09. The molecule has 5 heteroatoms. The number of hydrogen-bond donors (Lipinski definition) is 1. The summed E-state index contributed by atoms with van der Waals surface area (Å²) in [5, 5.41) is 2.83. The Morgan fingerprint density at radius 1 is 1.12 bits per heavy atom. The predicted octanol–water partition coefficient (Wildman–Crippen LogP) is 2.72. The Morgan fingerprint density at radius 2 is 1.83 bits per heavy atom. The topological polar surface area (TPSA) is 56.8 Å². The molecule has 0 unspecified atom stereocenters. The summed E-state index contributed by atoms with van der Waals surface area (Å²) in [6.45, 7) is 2.96. The number of amides is 1. The Morgan fingerprint density at radius 3 is 2.50 bits per heavy atom. The van der Waals surface area contributed by atoms with E-state index in [0.29, 0.717) is 24.7 Å². The first-order valence-electron chi connectivity index (χ1n) is 8.09. The number of morpholine rings is 1. The zero-order valence-electron chi connectivity index (χ0n) is 13.6. The minimum atomic E-state index is -0.339. The standard InChI is InChI=1S/C19H21NO4/c1-2-22-15-10-6-7-11-16(15)24-19(14-8-4-3-5-9-14)17-12-20-18(21)13-23-17/h3-11,17,19H,2,12-13H2,1H3,(H,20,21)/t17-,19-/m1/s1. The van der Waals surface area contributed by atoms with E-state index in [4.69, 9.17) is 14.2 Å². The van der Waals surface area contributed by atoms with E-state index in [0.717, 1.165) is 5.56 Å². The second-order valence-corrected chi connectivity index (χ2v) is 5.48. The fourth-order valence-corrected chi connectivity index (χ4v) is 2.66. The molecule has 0 aliphatic carbocycles. The molecule has 1 amide bonds. The molecule has 1 aliphatic heterocycles. The Balaban J connectivity index is 1.86. The van der Waals surface area contributed by atoms with Crippen molar-refractivity contribution in [2.24, 2.45) is 0 Å². The van der Waals surface area contributed by atoms with Gasteiger partial charge in [-0.2, -0.15) is 0 Å². The molecule has 0 spiro atoms. The highest BCUT2D eigenvalue weighted by atomic mass is 16.6. The molecule has 0 bridgehead atoms. The normalized spacial score (nSPS) is 18.5. The molecule has 1 fully saturated rings. The zero-order valence-corrected chi connectivity index (χ0v) is 13.6. The fourth-order valence-electron chi connectivity index (χ4n) is 2.66. The average Bonchev–Trinajstić information content (AvgIpc) is 2.63. The quantitative estimate of drug-likeness (QED) is 0.886. The van der Waals surface area contributed by atoms with Crippen molar-refractivity contribution in [3.8, 4) is 11.5 Å². The van der Waals surface area contributed by atoms with E-state index < -0.39 is 0 Å². The molecule has 5 nitrogen and oxygen atoms in total. The van der Waals surface area contributed by atoms with Gasteiger partial charge in [-0.05, 0) is 24.6 Å². The maximum absolute atomic E-state index is 11.4. The van der Waals surface area contributed by atoms with Crippen molar-refractivity contribution in [2.45, 2.75) is 19.1 Å². The average molecular weight is 327 g/mol. The van der Waals surface area contributed by atoms with Gasteiger partial charge in [0, 0.05) is 6.54 Å². The smallest absolute Gasteiger partial charge is 0.246 e. The Bertz CT molecular complexity index is 664. The molecular formula is C19H21NO4. The lowest BCUT2D eigenvalue weighted by Crippen LogP contribution is -2.46. The van der Waals surface area contributed by atoms with E-state index in [1.54, 1.807) is 0 Å². The minimum absolute atomic E-state index is 0.0461. The number of ether oxygens (including phenoxy) is 3. The van der Waals surface area contributed by atoms with E-state index in [-0.39, 0.29) is 24.7 Å². The molecule has 1 saturated heterocycles. The molecule has 0 saturated carbocycles. The minimum Gasteiger partial charge on any atom is -0.490 e. The molecule has 2 aromatic rings. The summed E-state index contributed by atoms with van der Waals surface area (Å²) < 4.78 is 17.6. The van der Waals surface area contributed by atoms with Crippen molar-refractivity contribution in [3.63, 3.8) is 0 Å². The van der Waals surface area contributed by atoms with Crippen molar-refractivity contribution < 1.29 is 19.0 Å². The van der Waals surface area contributed by atoms with Crippen LogP contribution in [0.25, 0.3) is 0 Å². The Labute approximate surface area is 141 Å². The van der Waals surface area contributed by atoms with E-state index >= 15 is 0 Å². The van der Waals surface area contributed by atoms with Crippen LogP contribution in [-0.4, -0.2) is 31.8 Å². The summed E-state index contributed by atoms with van der Waals surface area (Å²) in [6.07, 6.45) is -0.604. The van der Waals surface area contributed by atoms with Crippen LogP contribution in [0.5, 0.6) is 11.5 Å². The lowest BCUT2D eigenvalue weighted by molar-refractivity contribution is -0.137. The van der Waals surface area contributed by atoms with Crippen molar-refractivity contribution in [2.75, 3.05) is 19.8 Å². The SMILES string of the molecule is CCOc1ccccc1O[C@H](c1ccccc1)[C@H]1CNC(=O)CO1. The van der Waals surface area contributed by atoms with E-state index in [2.05, 4.69) is 5.32 Å². The van der Waals surface area contributed by atoms with Gasteiger partial charge in [-0.15, -0.1) is 0 Å². The van der Waals surface area contributed by atoms with Gasteiger partial charge in [0.05, 0.1) is 6.61 Å². The Hall–Kier alpha value is -2.53. The maximum atomic E-state index is 11.4. The van der Waals surface area contributed by atoms with Crippen LogP contribution in [0.15, 0.2) is 54.6 Å². The third kappa shape index (κ3) is 3.86. The highest BCUT2D eigenvalue weighted by Crippen LogP contribution is 2.33. The molecule has 1 N–H and O–H groups in total. The number of carbonyl (C=O) groups is 1. The van der Waals surface area contributed by atoms with E-state index in [1.165, 1.54) is 0 Å². The first-order chi connectivity index (χ1) is 11.8. The van der Waals surface area contributed by atoms with Crippen LogP contribution >= 0.6 is 0 Å². The second kappa shape index (κ2) is 7.84. The third-order valence-corrected chi connectivity index (χ3v) is 3.80. The number of hydrogen-bond acceptors (Lipinski definition) is 4. The zero-order chi connectivity index (χ0) is 16.8. The number of para-hydroxylation sites is 2. The third-order valence-electron chi connectivity index (χ3n) is 3.80. The van der Waals surface area contributed by atoms with Gasteiger partial charge in [-0.1, -0.05) is 42.5 Å². The van der Waals surface area contributed by atoms with Gasteiger partial charge in [-0.25, -0.2) is 0 Å². The van der Waals surface area contributed by atoms with Crippen molar-refractivity contribution in [1.82, 2.24) is 5.32 Å². The van der Waals surface area contributed by atoms with Crippen molar-refractivity contribution in [1.29, 1.82) is 0 Å². The van der Waals surface area contributed by atoms with Crippen LogP contribution in [0.4, 0.5) is 0 Å². The lowest BCUT2D eigenvalue weighted by Gasteiger charge is -2.31. The van der Waals surface area contributed by atoms with Gasteiger partial charge in [0.2, 0.25) is 5.91 Å². The summed E-state index contributed by atoms with van der Waals surface area (Å²) in [6, 6.07) is 17.4. The van der Waals surface area contributed by atoms with Gasteiger partial charge in [0.25, 0.3) is 0 Å². The Kier molecular flexibility index (Phi) is 5.33. The van der Waals surface area contributed by atoms with Crippen LogP contribution in [0.2, 0.25) is 0 Å². The molecule has 0 radical (unpaired) electrons. The molecule has 1 aliphatic rings. The predicted molar refractivity (Wildman–Crippen MR) is 90.2 cm³/mol. The van der Waals surface area contributed by atoms with Crippen LogP contribution < -0.4 is 14.8 Å². The number of rotatable bonds is 6. The van der Waals surface area contributed by atoms with Gasteiger partial charge < -0.3 is 19.5 Å². The van der Waals surface area contributed by atoms with Gasteiger partial charge >= 0.3 is 0 Å². The molecule has 2 aromatic carbocycles. The highest BCUT2D eigenvalue weighted by molar-refractivity contribution is 5.77. The molecule has 0 aromatic heterocycles. The van der Waals surface area contributed by atoms with Gasteiger partial charge in [-0.3, -0.25) is 4.79 Å². The fraction of sp³-hybridized carbons (Fsp3) is 0.316. The maximum Gasteiger partial charge on any atom is 0.246 e. The molecular weight excluding hydrogens is 306 g/mol. The number of nitrogens with one attached hydrogen (secondary N) is 1. The van der Waals surface area contributed by atoms with E-state index in [9.17, 15) is 4.79 Å². The van der Waals surface area contributed by atoms with Crippen LogP contribution in [0.1, 0.15) is 18.6 Å². The number of carbonyl (C=O) groups excluding carboxylic acids is 1. The molecule has 1 heterocycles. The summed E-state index contributed by atoms with van der Waals surface area (Å²) in [5.74, 6) is 1.25. The number of benzene rings is 2. The molecule has 2 atom stereocenters. The van der Waals surface area contributed by atoms with E-state index in [1.807, 2.05) is 61.5 Å². The van der Waals surface area contributed by atoms with Crippen LogP contribution in [0.3, 0.4) is 0 Å². The lowest BCUT2D eigenvalue weighted by atomic mass is 10.0. The van der Waals surface area contributed by atoms with Crippen molar-refractivity contribution >= 4 is 5.91 Å². The van der Waals surface area contributed by atoms with Gasteiger partial charge in [0.15, 0.2) is 17.6 Å².